The minimum absolute atomic E-state index is 0.0786. The van der Waals surface area contributed by atoms with Crippen molar-refractivity contribution in [1.82, 2.24) is 14.9 Å². The van der Waals surface area contributed by atoms with Gasteiger partial charge in [0.15, 0.2) is 0 Å². The SMILES string of the molecule is CCn1ccc2ccc(C(=O)NCc3ccc4cnc(N)cc4c3)cc21. The molecule has 4 rings (SSSR count). The summed E-state index contributed by atoms with van der Waals surface area (Å²) in [5.74, 6) is 0.413. The summed E-state index contributed by atoms with van der Waals surface area (Å²) >= 11 is 0. The molecule has 0 atom stereocenters. The van der Waals surface area contributed by atoms with E-state index in [-0.39, 0.29) is 5.91 Å². The summed E-state index contributed by atoms with van der Waals surface area (Å²) in [5.41, 5.74) is 8.52. The lowest BCUT2D eigenvalue weighted by molar-refractivity contribution is 0.0951. The molecular formula is C21H20N4O. The third-order valence-electron chi connectivity index (χ3n) is 4.64. The number of pyridine rings is 1. The normalized spacial score (nSPS) is 11.1. The molecule has 0 radical (unpaired) electrons. The van der Waals surface area contributed by atoms with E-state index in [0.717, 1.165) is 33.8 Å². The molecule has 4 aromatic rings. The summed E-state index contributed by atoms with van der Waals surface area (Å²) in [6.45, 7) is 3.43. The molecule has 0 aliphatic heterocycles. The van der Waals surface area contributed by atoms with Crippen LogP contribution in [0.15, 0.2) is 60.9 Å². The number of anilines is 1. The van der Waals surface area contributed by atoms with Gasteiger partial charge in [-0.1, -0.05) is 18.2 Å². The van der Waals surface area contributed by atoms with Gasteiger partial charge < -0.3 is 15.6 Å². The Labute approximate surface area is 151 Å². The van der Waals surface area contributed by atoms with Crippen LogP contribution in [0.1, 0.15) is 22.8 Å². The van der Waals surface area contributed by atoms with E-state index in [9.17, 15) is 4.79 Å². The quantitative estimate of drug-likeness (QED) is 0.592. The zero-order chi connectivity index (χ0) is 18.1. The maximum absolute atomic E-state index is 12.6. The molecule has 3 N–H and O–H groups in total. The van der Waals surface area contributed by atoms with Crippen LogP contribution in [0.5, 0.6) is 0 Å². The van der Waals surface area contributed by atoms with Crippen molar-refractivity contribution in [3.8, 4) is 0 Å². The van der Waals surface area contributed by atoms with Crippen LogP contribution in [-0.2, 0) is 13.1 Å². The average Bonchev–Trinajstić information content (AvgIpc) is 3.08. The van der Waals surface area contributed by atoms with Crippen molar-refractivity contribution in [2.75, 3.05) is 5.73 Å². The van der Waals surface area contributed by atoms with E-state index < -0.39 is 0 Å². The first-order chi connectivity index (χ1) is 12.6. The topological polar surface area (TPSA) is 72.9 Å². The number of rotatable bonds is 4. The molecule has 0 aliphatic carbocycles. The Morgan fingerprint density at radius 3 is 2.77 bits per heavy atom. The molecule has 0 fully saturated rings. The van der Waals surface area contributed by atoms with Crippen molar-refractivity contribution in [1.29, 1.82) is 0 Å². The Bertz CT molecular complexity index is 1110. The van der Waals surface area contributed by atoms with Crippen LogP contribution in [0.3, 0.4) is 0 Å². The number of nitrogens with one attached hydrogen (secondary N) is 1. The van der Waals surface area contributed by atoms with E-state index in [1.807, 2.05) is 48.7 Å². The van der Waals surface area contributed by atoms with Gasteiger partial charge in [0.05, 0.1) is 0 Å². The fraction of sp³-hybridized carbons (Fsp3) is 0.143. The lowest BCUT2D eigenvalue weighted by atomic mass is 10.1. The van der Waals surface area contributed by atoms with E-state index >= 15 is 0 Å². The first-order valence-corrected chi connectivity index (χ1v) is 8.65. The summed E-state index contributed by atoms with van der Waals surface area (Å²) in [5, 5.41) is 6.18. The fourth-order valence-corrected chi connectivity index (χ4v) is 3.20. The first-order valence-electron chi connectivity index (χ1n) is 8.65. The molecule has 0 spiro atoms. The lowest BCUT2D eigenvalue weighted by Gasteiger charge is -2.08. The van der Waals surface area contributed by atoms with Crippen LogP contribution in [0.4, 0.5) is 5.82 Å². The van der Waals surface area contributed by atoms with E-state index in [1.54, 1.807) is 6.20 Å². The minimum Gasteiger partial charge on any atom is -0.384 e. The molecule has 1 amide bonds. The Balaban J connectivity index is 1.53. The Hall–Kier alpha value is -3.34. The Morgan fingerprint density at radius 1 is 1.08 bits per heavy atom. The van der Waals surface area contributed by atoms with Gasteiger partial charge in [-0.2, -0.15) is 0 Å². The number of hydrogen-bond acceptors (Lipinski definition) is 3. The molecule has 130 valence electrons. The Kier molecular flexibility index (Phi) is 4.05. The predicted molar refractivity (Wildman–Crippen MR) is 105 cm³/mol. The zero-order valence-corrected chi connectivity index (χ0v) is 14.6. The molecule has 5 nitrogen and oxygen atoms in total. The van der Waals surface area contributed by atoms with Crippen molar-refractivity contribution < 1.29 is 4.79 Å². The number of nitrogens with zero attached hydrogens (tertiary/aromatic N) is 2. The number of amides is 1. The third kappa shape index (κ3) is 2.99. The van der Waals surface area contributed by atoms with Gasteiger partial charge in [-0.05, 0) is 53.6 Å². The van der Waals surface area contributed by atoms with Crippen molar-refractivity contribution in [3.63, 3.8) is 0 Å². The zero-order valence-electron chi connectivity index (χ0n) is 14.6. The molecule has 2 aromatic carbocycles. The minimum atomic E-state index is -0.0786. The van der Waals surface area contributed by atoms with Crippen molar-refractivity contribution in [3.05, 3.63) is 72.1 Å². The number of aromatic nitrogens is 2. The number of aryl methyl sites for hydroxylation is 1. The summed E-state index contributed by atoms with van der Waals surface area (Å²) in [7, 11) is 0. The number of benzene rings is 2. The summed E-state index contributed by atoms with van der Waals surface area (Å²) in [4.78, 5) is 16.6. The van der Waals surface area contributed by atoms with Crippen LogP contribution in [0.2, 0.25) is 0 Å². The monoisotopic (exact) mass is 344 g/mol. The van der Waals surface area contributed by atoms with Crippen molar-refractivity contribution in [2.45, 2.75) is 20.0 Å². The Morgan fingerprint density at radius 2 is 1.92 bits per heavy atom. The molecule has 0 aliphatic rings. The van der Waals surface area contributed by atoms with E-state index in [0.29, 0.717) is 17.9 Å². The average molecular weight is 344 g/mol. The van der Waals surface area contributed by atoms with Crippen LogP contribution in [0, 0.1) is 0 Å². The number of nitrogen functional groups attached to an aromatic ring is 1. The lowest BCUT2D eigenvalue weighted by Crippen LogP contribution is -2.22. The van der Waals surface area contributed by atoms with Crippen molar-refractivity contribution >= 4 is 33.4 Å². The van der Waals surface area contributed by atoms with Gasteiger partial charge in [0.2, 0.25) is 0 Å². The first kappa shape index (κ1) is 16.1. The number of carbonyl (C=O) groups is 1. The molecule has 26 heavy (non-hydrogen) atoms. The number of fused-ring (bicyclic) bond motifs is 2. The molecule has 2 aromatic heterocycles. The maximum Gasteiger partial charge on any atom is 0.251 e. The molecule has 0 unspecified atom stereocenters. The molecule has 2 heterocycles. The highest BCUT2D eigenvalue weighted by molar-refractivity contribution is 5.98. The second-order valence-corrected chi connectivity index (χ2v) is 6.35. The number of nitrogens with two attached hydrogens (primary N) is 1. The van der Waals surface area contributed by atoms with Crippen LogP contribution >= 0.6 is 0 Å². The van der Waals surface area contributed by atoms with Crippen LogP contribution in [0.25, 0.3) is 21.7 Å². The highest BCUT2D eigenvalue weighted by Crippen LogP contribution is 2.19. The van der Waals surface area contributed by atoms with E-state index in [1.165, 1.54) is 0 Å². The molecule has 0 bridgehead atoms. The van der Waals surface area contributed by atoms with Gasteiger partial charge in [-0.15, -0.1) is 0 Å². The second-order valence-electron chi connectivity index (χ2n) is 6.35. The predicted octanol–water partition coefficient (Wildman–Crippen LogP) is 3.72. The largest absolute Gasteiger partial charge is 0.384 e. The maximum atomic E-state index is 12.6. The van der Waals surface area contributed by atoms with E-state index in [2.05, 4.69) is 27.9 Å². The molecular weight excluding hydrogens is 324 g/mol. The summed E-state index contributed by atoms with van der Waals surface area (Å²) < 4.78 is 2.13. The molecule has 5 heteroatoms. The van der Waals surface area contributed by atoms with Crippen molar-refractivity contribution in [2.24, 2.45) is 0 Å². The van der Waals surface area contributed by atoms with E-state index in [4.69, 9.17) is 5.73 Å². The molecule has 0 saturated heterocycles. The second kappa shape index (κ2) is 6.52. The smallest absolute Gasteiger partial charge is 0.251 e. The van der Waals surface area contributed by atoms with Gasteiger partial charge in [-0.3, -0.25) is 4.79 Å². The standard InChI is InChI=1S/C21H20N4O/c1-2-25-8-7-15-5-6-16(10-19(15)25)21(26)24-12-14-3-4-17-13-23-20(22)11-18(17)9-14/h3-11,13H,2,12H2,1H3,(H2,22,23)(H,24,26). The fourth-order valence-electron chi connectivity index (χ4n) is 3.20. The summed E-state index contributed by atoms with van der Waals surface area (Å²) in [6, 6.07) is 15.7. The third-order valence-corrected chi connectivity index (χ3v) is 4.64. The number of carbonyl (C=O) groups excluding carboxylic acids is 1. The van der Waals surface area contributed by atoms with Gasteiger partial charge in [0.1, 0.15) is 5.82 Å². The van der Waals surface area contributed by atoms with Gasteiger partial charge >= 0.3 is 0 Å². The van der Waals surface area contributed by atoms with Gasteiger partial charge in [-0.25, -0.2) is 4.98 Å². The summed E-state index contributed by atoms with van der Waals surface area (Å²) in [6.07, 6.45) is 3.80. The number of hydrogen-bond donors (Lipinski definition) is 2. The van der Waals surface area contributed by atoms with Gasteiger partial charge in [0, 0.05) is 41.9 Å². The van der Waals surface area contributed by atoms with Crippen LogP contribution < -0.4 is 11.1 Å². The highest BCUT2D eigenvalue weighted by Gasteiger charge is 2.08. The molecule has 0 saturated carbocycles. The van der Waals surface area contributed by atoms with Crippen LogP contribution in [-0.4, -0.2) is 15.5 Å². The highest BCUT2D eigenvalue weighted by atomic mass is 16.1. The van der Waals surface area contributed by atoms with Gasteiger partial charge in [0.25, 0.3) is 5.91 Å².